The summed E-state index contributed by atoms with van der Waals surface area (Å²) in [5.74, 6) is 0. The molecule has 0 spiro atoms. The summed E-state index contributed by atoms with van der Waals surface area (Å²) in [6, 6.07) is 2.18. The summed E-state index contributed by atoms with van der Waals surface area (Å²) in [7, 11) is 2.14. The van der Waals surface area contributed by atoms with Crippen molar-refractivity contribution in [3.05, 3.63) is 18.5 Å². The molecule has 3 heteroatoms. The zero-order valence-corrected chi connectivity index (χ0v) is 11.4. The standard InChI is InChI=1S/C14H25N3/c1-4-6-7-9-17(3)14-10-13(11-15-12-14)16-8-5-2/h10-12,16H,4-9H2,1-3H3. The predicted octanol–water partition coefficient (Wildman–Crippen LogP) is 3.53. The minimum atomic E-state index is 1.00. The third kappa shape index (κ3) is 5.07. The Balaban J connectivity index is 2.51. The molecule has 0 aliphatic heterocycles. The largest absolute Gasteiger partial charge is 0.384 e. The van der Waals surface area contributed by atoms with Crippen LogP contribution in [0.2, 0.25) is 0 Å². The van der Waals surface area contributed by atoms with E-state index < -0.39 is 0 Å². The van der Waals surface area contributed by atoms with Gasteiger partial charge in [0.15, 0.2) is 0 Å². The van der Waals surface area contributed by atoms with Crippen molar-refractivity contribution in [2.24, 2.45) is 0 Å². The lowest BCUT2D eigenvalue weighted by atomic mass is 10.2. The van der Waals surface area contributed by atoms with Crippen LogP contribution in [0.4, 0.5) is 11.4 Å². The molecule has 17 heavy (non-hydrogen) atoms. The van der Waals surface area contributed by atoms with Crippen LogP contribution < -0.4 is 10.2 Å². The Morgan fingerprint density at radius 1 is 1.18 bits per heavy atom. The molecule has 0 aliphatic carbocycles. The fourth-order valence-electron chi connectivity index (χ4n) is 1.73. The second-order valence-corrected chi connectivity index (χ2v) is 4.49. The number of aromatic nitrogens is 1. The zero-order chi connectivity index (χ0) is 12.5. The number of hydrogen-bond acceptors (Lipinski definition) is 3. The van der Waals surface area contributed by atoms with Crippen LogP contribution in [-0.2, 0) is 0 Å². The number of hydrogen-bond donors (Lipinski definition) is 1. The Morgan fingerprint density at radius 3 is 2.71 bits per heavy atom. The van der Waals surface area contributed by atoms with Gasteiger partial charge in [-0.25, -0.2) is 0 Å². The van der Waals surface area contributed by atoms with E-state index in [1.54, 1.807) is 0 Å². The topological polar surface area (TPSA) is 28.2 Å². The highest BCUT2D eigenvalue weighted by atomic mass is 15.1. The minimum Gasteiger partial charge on any atom is -0.384 e. The van der Waals surface area contributed by atoms with Crippen molar-refractivity contribution in [2.45, 2.75) is 39.5 Å². The van der Waals surface area contributed by atoms with E-state index in [2.05, 4.69) is 42.2 Å². The molecule has 0 radical (unpaired) electrons. The van der Waals surface area contributed by atoms with Crippen LogP contribution in [0.25, 0.3) is 0 Å². The maximum absolute atomic E-state index is 4.28. The molecule has 0 atom stereocenters. The van der Waals surface area contributed by atoms with E-state index in [9.17, 15) is 0 Å². The zero-order valence-electron chi connectivity index (χ0n) is 11.4. The minimum absolute atomic E-state index is 1.00. The third-order valence-electron chi connectivity index (χ3n) is 2.84. The van der Waals surface area contributed by atoms with E-state index in [1.807, 2.05) is 12.4 Å². The van der Waals surface area contributed by atoms with Crippen molar-refractivity contribution in [1.82, 2.24) is 4.98 Å². The lowest BCUT2D eigenvalue weighted by Crippen LogP contribution is -2.18. The van der Waals surface area contributed by atoms with Crippen LogP contribution in [0, 0.1) is 0 Å². The fraction of sp³-hybridized carbons (Fsp3) is 0.643. The van der Waals surface area contributed by atoms with Crippen molar-refractivity contribution < 1.29 is 0 Å². The van der Waals surface area contributed by atoms with Gasteiger partial charge in [0.25, 0.3) is 0 Å². The Labute approximate surface area is 105 Å². The molecular formula is C14H25N3. The fourth-order valence-corrected chi connectivity index (χ4v) is 1.73. The number of unbranched alkanes of at least 4 members (excludes halogenated alkanes) is 2. The van der Waals surface area contributed by atoms with Crippen molar-refractivity contribution in [3.63, 3.8) is 0 Å². The number of anilines is 2. The Morgan fingerprint density at radius 2 is 2.00 bits per heavy atom. The molecule has 1 aromatic rings. The molecule has 0 aliphatic rings. The Hall–Kier alpha value is -1.25. The van der Waals surface area contributed by atoms with Crippen LogP contribution in [0.1, 0.15) is 39.5 Å². The molecule has 0 bridgehead atoms. The van der Waals surface area contributed by atoms with Crippen LogP contribution in [0.5, 0.6) is 0 Å². The van der Waals surface area contributed by atoms with E-state index >= 15 is 0 Å². The summed E-state index contributed by atoms with van der Waals surface area (Å²) in [6.07, 6.45) is 8.77. The Bertz CT molecular complexity index is 312. The summed E-state index contributed by atoms with van der Waals surface area (Å²) in [5, 5.41) is 3.37. The van der Waals surface area contributed by atoms with Crippen LogP contribution in [0.3, 0.4) is 0 Å². The van der Waals surface area contributed by atoms with Crippen LogP contribution in [-0.4, -0.2) is 25.1 Å². The smallest absolute Gasteiger partial charge is 0.0570 e. The van der Waals surface area contributed by atoms with E-state index in [0.29, 0.717) is 0 Å². The summed E-state index contributed by atoms with van der Waals surface area (Å²) in [6.45, 7) is 6.51. The van der Waals surface area contributed by atoms with Gasteiger partial charge in [-0.2, -0.15) is 0 Å². The second kappa shape index (κ2) is 7.93. The average Bonchev–Trinajstić information content (AvgIpc) is 2.37. The van der Waals surface area contributed by atoms with Gasteiger partial charge in [-0.3, -0.25) is 4.98 Å². The molecule has 0 fully saturated rings. The molecule has 0 saturated heterocycles. The molecule has 3 nitrogen and oxygen atoms in total. The summed E-state index contributed by atoms with van der Waals surface area (Å²) < 4.78 is 0. The van der Waals surface area contributed by atoms with Gasteiger partial charge in [-0.05, 0) is 18.9 Å². The van der Waals surface area contributed by atoms with Gasteiger partial charge in [-0.15, -0.1) is 0 Å². The van der Waals surface area contributed by atoms with E-state index in [0.717, 1.165) is 25.2 Å². The molecule has 1 N–H and O–H groups in total. The van der Waals surface area contributed by atoms with Crippen molar-refractivity contribution in [3.8, 4) is 0 Å². The molecule has 96 valence electrons. The van der Waals surface area contributed by atoms with Gasteiger partial charge in [0.2, 0.25) is 0 Å². The van der Waals surface area contributed by atoms with Gasteiger partial charge in [0.1, 0.15) is 0 Å². The molecule has 1 aromatic heterocycles. The highest BCUT2D eigenvalue weighted by Gasteiger charge is 2.02. The highest BCUT2D eigenvalue weighted by molar-refractivity contribution is 5.55. The van der Waals surface area contributed by atoms with Crippen molar-refractivity contribution in [2.75, 3.05) is 30.4 Å². The lowest BCUT2D eigenvalue weighted by Gasteiger charge is -2.19. The lowest BCUT2D eigenvalue weighted by molar-refractivity contribution is 0.704. The van der Waals surface area contributed by atoms with E-state index in [-0.39, 0.29) is 0 Å². The first-order valence-electron chi connectivity index (χ1n) is 6.68. The Kier molecular flexibility index (Phi) is 6.45. The van der Waals surface area contributed by atoms with Gasteiger partial charge >= 0.3 is 0 Å². The van der Waals surface area contributed by atoms with Crippen LogP contribution in [0.15, 0.2) is 18.5 Å². The maximum Gasteiger partial charge on any atom is 0.0570 e. The molecule has 0 unspecified atom stereocenters. The van der Waals surface area contributed by atoms with Crippen LogP contribution >= 0.6 is 0 Å². The second-order valence-electron chi connectivity index (χ2n) is 4.49. The molecule has 0 saturated carbocycles. The normalized spacial score (nSPS) is 10.3. The average molecular weight is 235 g/mol. The predicted molar refractivity (Wildman–Crippen MR) is 75.8 cm³/mol. The molecule has 0 aromatic carbocycles. The summed E-state index contributed by atoms with van der Waals surface area (Å²) in [4.78, 5) is 6.56. The van der Waals surface area contributed by atoms with Gasteiger partial charge < -0.3 is 10.2 Å². The monoisotopic (exact) mass is 235 g/mol. The highest BCUT2D eigenvalue weighted by Crippen LogP contribution is 2.17. The van der Waals surface area contributed by atoms with E-state index in [4.69, 9.17) is 0 Å². The molecule has 0 amide bonds. The SMILES string of the molecule is CCCCCN(C)c1cncc(NCCC)c1. The van der Waals surface area contributed by atoms with Gasteiger partial charge in [-0.1, -0.05) is 26.7 Å². The van der Waals surface area contributed by atoms with Crippen molar-refractivity contribution in [1.29, 1.82) is 0 Å². The number of rotatable bonds is 8. The summed E-state index contributed by atoms with van der Waals surface area (Å²) in [5.41, 5.74) is 2.31. The first-order valence-corrected chi connectivity index (χ1v) is 6.68. The van der Waals surface area contributed by atoms with Crippen molar-refractivity contribution >= 4 is 11.4 Å². The third-order valence-corrected chi connectivity index (χ3v) is 2.84. The van der Waals surface area contributed by atoms with Gasteiger partial charge in [0.05, 0.1) is 23.8 Å². The quantitative estimate of drug-likeness (QED) is 0.699. The molecule has 1 rings (SSSR count). The first kappa shape index (κ1) is 13.8. The number of nitrogens with zero attached hydrogens (tertiary/aromatic N) is 2. The summed E-state index contributed by atoms with van der Waals surface area (Å²) >= 11 is 0. The van der Waals surface area contributed by atoms with Gasteiger partial charge in [0, 0.05) is 20.1 Å². The first-order chi connectivity index (χ1) is 8.27. The number of pyridine rings is 1. The molecular weight excluding hydrogens is 210 g/mol. The molecule has 1 heterocycles. The maximum atomic E-state index is 4.28. The number of nitrogens with one attached hydrogen (secondary N) is 1. The van der Waals surface area contributed by atoms with E-state index in [1.165, 1.54) is 24.9 Å².